The lowest BCUT2D eigenvalue weighted by molar-refractivity contribution is -0.122. The van der Waals surface area contributed by atoms with Gasteiger partial charge < -0.3 is 9.47 Å². The van der Waals surface area contributed by atoms with Crippen LogP contribution in [-0.2, 0) is 16.2 Å². The Morgan fingerprint density at radius 2 is 1.72 bits per heavy atom. The monoisotopic (exact) mass is 560 g/mol. The van der Waals surface area contributed by atoms with Crippen molar-refractivity contribution in [2.24, 2.45) is 0 Å². The van der Waals surface area contributed by atoms with Crippen molar-refractivity contribution in [1.82, 2.24) is 5.32 Å². The van der Waals surface area contributed by atoms with Crippen LogP contribution >= 0.6 is 47.0 Å². The number of nitrogens with zero attached hydrogens (tertiary/aromatic N) is 1. The molecule has 1 fully saturated rings. The van der Waals surface area contributed by atoms with Crippen LogP contribution in [0, 0.1) is 6.92 Å². The van der Waals surface area contributed by atoms with Crippen LogP contribution in [0.5, 0.6) is 11.5 Å². The molecule has 1 saturated heterocycles. The van der Waals surface area contributed by atoms with E-state index in [1.165, 1.54) is 18.1 Å². The fraction of sp³-hybridized carbons (Fsp3) is 0.115. The van der Waals surface area contributed by atoms with Crippen LogP contribution < -0.4 is 19.7 Å². The second-order valence-electron chi connectivity index (χ2n) is 7.85. The van der Waals surface area contributed by atoms with Crippen molar-refractivity contribution in [3.8, 4) is 11.5 Å². The van der Waals surface area contributed by atoms with Gasteiger partial charge in [-0.1, -0.05) is 58.6 Å². The highest BCUT2D eigenvalue weighted by atomic mass is 35.5. The molecule has 10 heteroatoms. The number of carbonyl (C=O) groups is 2. The van der Waals surface area contributed by atoms with Crippen molar-refractivity contribution in [2.75, 3.05) is 12.0 Å². The van der Waals surface area contributed by atoms with Gasteiger partial charge in [-0.3, -0.25) is 19.8 Å². The van der Waals surface area contributed by atoms with E-state index in [4.69, 9.17) is 56.5 Å². The summed E-state index contributed by atoms with van der Waals surface area (Å²) in [7, 11) is 1.46. The molecule has 0 saturated carbocycles. The van der Waals surface area contributed by atoms with Gasteiger partial charge in [0.15, 0.2) is 16.6 Å². The Bertz CT molecular complexity index is 1410. The van der Waals surface area contributed by atoms with E-state index < -0.39 is 11.8 Å². The summed E-state index contributed by atoms with van der Waals surface area (Å²) in [5.74, 6) is -0.565. The highest BCUT2D eigenvalue weighted by Gasteiger charge is 2.34. The van der Waals surface area contributed by atoms with Crippen LogP contribution in [0.1, 0.15) is 16.7 Å². The maximum atomic E-state index is 13.3. The molecular weight excluding hydrogens is 543 g/mol. The minimum Gasteiger partial charge on any atom is -0.493 e. The maximum absolute atomic E-state index is 13.3. The van der Waals surface area contributed by atoms with Crippen molar-refractivity contribution in [1.29, 1.82) is 0 Å². The molecule has 0 aromatic heterocycles. The zero-order chi connectivity index (χ0) is 26.0. The Kier molecular flexibility index (Phi) is 7.85. The first kappa shape index (κ1) is 26.0. The van der Waals surface area contributed by atoms with Crippen molar-refractivity contribution in [3.05, 3.63) is 91.9 Å². The van der Waals surface area contributed by atoms with E-state index in [-0.39, 0.29) is 28.1 Å². The number of hydrogen-bond acceptors (Lipinski definition) is 5. The molecular formula is C26H19Cl3N2O4S. The molecule has 0 aliphatic carbocycles. The van der Waals surface area contributed by atoms with Crippen LogP contribution in [0.15, 0.2) is 60.2 Å². The molecule has 1 aliphatic rings. The molecule has 184 valence electrons. The highest BCUT2D eigenvalue weighted by molar-refractivity contribution is 7.80. The highest BCUT2D eigenvalue weighted by Crippen LogP contribution is 2.38. The van der Waals surface area contributed by atoms with Crippen LogP contribution in [0.4, 0.5) is 5.69 Å². The lowest BCUT2D eigenvalue weighted by Gasteiger charge is -2.29. The normalized spacial score (nSPS) is 14.8. The average Bonchev–Trinajstić information content (AvgIpc) is 2.83. The second-order valence-corrected chi connectivity index (χ2v) is 9.49. The molecule has 0 atom stereocenters. The fourth-order valence-electron chi connectivity index (χ4n) is 3.50. The first-order valence-electron chi connectivity index (χ1n) is 10.6. The summed E-state index contributed by atoms with van der Waals surface area (Å²) in [6.45, 7) is 2.05. The Morgan fingerprint density at radius 3 is 2.39 bits per heavy atom. The minimum atomic E-state index is -0.610. The largest absolute Gasteiger partial charge is 0.493 e. The van der Waals surface area contributed by atoms with Gasteiger partial charge in [-0.2, -0.15) is 0 Å². The maximum Gasteiger partial charge on any atom is 0.270 e. The number of methoxy groups -OCH3 is 1. The molecule has 0 unspecified atom stereocenters. The zero-order valence-corrected chi connectivity index (χ0v) is 22.2. The van der Waals surface area contributed by atoms with E-state index in [2.05, 4.69) is 5.32 Å². The van der Waals surface area contributed by atoms with Crippen molar-refractivity contribution >= 4 is 75.7 Å². The molecule has 36 heavy (non-hydrogen) atoms. The van der Waals surface area contributed by atoms with Gasteiger partial charge in [0.05, 0.1) is 17.8 Å². The predicted octanol–water partition coefficient (Wildman–Crippen LogP) is 6.37. The molecule has 0 spiro atoms. The average molecular weight is 562 g/mol. The molecule has 3 aromatic carbocycles. The van der Waals surface area contributed by atoms with Gasteiger partial charge in [0, 0.05) is 15.6 Å². The van der Waals surface area contributed by atoms with E-state index in [0.29, 0.717) is 32.6 Å². The predicted molar refractivity (Wildman–Crippen MR) is 146 cm³/mol. The summed E-state index contributed by atoms with van der Waals surface area (Å²) in [6, 6.07) is 15.5. The summed E-state index contributed by atoms with van der Waals surface area (Å²) in [6.07, 6.45) is 1.43. The molecule has 3 aromatic rings. The number of hydrogen-bond donors (Lipinski definition) is 1. The summed E-state index contributed by atoms with van der Waals surface area (Å²) in [5, 5.41) is 3.76. The molecule has 1 heterocycles. The SMILES string of the molecule is COc1cc(/C=C2\C(=O)NC(=S)N(c3ccc(C)cc3)C2=O)cc(Cl)c1OCc1ccc(Cl)cc1Cl. The number of rotatable bonds is 6. The van der Waals surface area contributed by atoms with Crippen molar-refractivity contribution in [2.45, 2.75) is 13.5 Å². The van der Waals surface area contributed by atoms with E-state index in [9.17, 15) is 9.59 Å². The molecule has 4 rings (SSSR count). The summed E-state index contributed by atoms with van der Waals surface area (Å²) in [5.41, 5.74) is 2.63. The number of carbonyl (C=O) groups excluding carboxylic acids is 2. The number of benzene rings is 3. The summed E-state index contributed by atoms with van der Waals surface area (Å²) >= 11 is 23.9. The van der Waals surface area contributed by atoms with Gasteiger partial charge >= 0.3 is 0 Å². The van der Waals surface area contributed by atoms with Gasteiger partial charge in [-0.15, -0.1) is 0 Å². The first-order valence-corrected chi connectivity index (χ1v) is 12.1. The van der Waals surface area contributed by atoms with Crippen molar-refractivity contribution < 1.29 is 19.1 Å². The van der Waals surface area contributed by atoms with E-state index in [1.54, 1.807) is 42.5 Å². The number of nitrogens with one attached hydrogen (secondary N) is 1. The Balaban J connectivity index is 1.64. The summed E-state index contributed by atoms with van der Waals surface area (Å²) < 4.78 is 11.3. The zero-order valence-electron chi connectivity index (χ0n) is 19.1. The van der Waals surface area contributed by atoms with Crippen molar-refractivity contribution in [3.63, 3.8) is 0 Å². The summed E-state index contributed by atoms with van der Waals surface area (Å²) in [4.78, 5) is 27.2. The van der Waals surface area contributed by atoms with E-state index >= 15 is 0 Å². The molecule has 1 N–H and O–H groups in total. The van der Waals surface area contributed by atoms with Crippen LogP contribution in [0.2, 0.25) is 15.1 Å². The van der Waals surface area contributed by atoms with E-state index in [0.717, 1.165) is 5.56 Å². The van der Waals surface area contributed by atoms with Gasteiger partial charge in [0.25, 0.3) is 11.8 Å². The molecule has 1 aliphatic heterocycles. The molecule has 6 nitrogen and oxygen atoms in total. The number of amides is 2. The Labute approximate surface area is 228 Å². The Hall–Kier alpha value is -3.10. The molecule has 0 bridgehead atoms. The third-order valence-electron chi connectivity index (χ3n) is 5.34. The third-order valence-corrected chi connectivity index (χ3v) is 6.50. The van der Waals surface area contributed by atoms with Crippen LogP contribution in [0.25, 0.3) is 6.08 Å². The first-order chi connectivity index (χ1) is 17.2. The van der Waals surface area contributed by atoms with Gasteiger partial charge in [0.2, 0.25) is 0 Å². The Morgan fingerprint density at radius 1 is 1.00 bits per heavy atom. The van der Waals surface area contributed by atoms with Gasteiger partial charge in [-0.05, 0) is 67.2 Å². The number of anilines is 1. The number of ether oxygens (including phenoxy) is 2. The van der Waals surface area contributed by atoms with Crippen LogP contribution in [0.3, 0.4) is 0 Å². The second kappa shape index (κ2) is 10.9. The van der Waals surface area contributed by atoms with Gasteiger partial charge in [-0.25, -0.2) is 0 Å². The molecule has 2 amide bonds. The molecule has 0 radical (unpaired) electrons. The number of thiocarbonyl (C=S) groups is 1. The minimum absolute atomic E-state index is 0.00576. The third kappa shape index (κ3) is 5.50. The van der Waals surface area contributed by atoms with E-state index in [1.807, 2.05) is 19.1 Å². The number of halogens is 3. The number of aryl methyl sites for hydroxylation is 1. The lowest BCUT2D eigenvalue weighted by atomic mass is 10.1. The quantitative estimate of drug-likeness (QED) is 0.215. The lowest BCUT2D eigenvalue weighted by Crippen LogP contribution is -2.54. The smallest absolute Gasteiger partial charge is 0.270 e. The van der Waals surface area contributed by atoms with Crippen LogP contribution in [-0.4, -0.2) is 24.0 Å². The standard InChI is InChI=1S/C26H19Cl3N2O4S/c1-14-3-7-18(8-4-14)31-25(33)19(24(32)30-26(31)36)9-15-10-21(29)23(22(11-15)34-2)35-13-16-5-6-17(27)12-20(16)28/h3-12H,13H2,1-2H3,(H,30,32,36)/b19-9+. The van der Waals surface area contributed by atoms with Gasteiger partial charge in [0.1, 0.15) is 12.2 Å². The topological polar surface area (TPSA) is 67.9 Å². The fourth-order valence-corrected chi connectivity index (χ4v) is 4.52.